The molecule has 0 aliphatic rings. The zero-order chi connectivity index (χ0) is 10.5. The predicted octanol–water partition coefficient (Wildman–Crippen LogP) is 0.292. The summed E-state index contributed by atoms with van der Waals surface area (Å²) in [7, 11) is 0. The third kappa shape index (κ3) is 2.60. The summed E-state index contributed by atoms with van der Waals surface area (Å²) >= 11 is 0. The van der Waals surface area contributed by atoms with Crippen LogP contribution in [0.1, 0.15) is 17.3 Å². The fourth-order valence-corrected chi connectivity index (χ4v) is 1.33. The van der Waals surface area contributed by atoms with Crippen LogP contribution >= 0.6 is 0 Å². The van der Waals surface area contributed by atoms with Gasteiger partial charge in [-0.15, -0.1) is 0 Å². The summed E-state index contributed by atoms with van der Waals surface area (Å²) in [4.78, 5) is 8.53. The Morgan fingerprint density at radius 1 is 1.33 bits per heavy atom. The fourth-order valence-electron chi connectivity index (χ4n) is 1.33. The second kappa shape index (κ2) is 4.65. The maximum atomic E-state index is 5.42. The highest BCUT2D eigenvalue weighted by molar-refractivity contribution is 5.09. The van der Waals surface area contributed by atoms with Gasteiger partial charge in [0.05, 0.1) is 0 Å². The van der Waals surface area contributed by atoms with Gasteiger partial charge in [0.15, 0.2) is 5.82 Å². The van der Waals surface area contributed by atoms with E-state index in [9.17, 15) is 0 Å². The maximum absolute atomic E-state index is 5.42. The smallest absolute Gasteiger partial charge is 0.151 e. The third-order valence-electron chi connectivity index (χ3n) is 2.02. The Morgan fingerprint density at radius 3 is 3.00 bits per heavy atom. The van der Waals surface area contributed by atoms with Crippen molar-refractivity contribution in [2.45, 2.75) is 12.8 Å². The molecule has 0 aliphatic heterocycles. The summed E-state index contributed by atoms with van der Waals surface area (Å²) in [6.07, 6.45) is 3.16. The molecule has 0 aliphatic carbocycles. The SMILES string of the molecule is NCCc1n[nH]c(Cc2ccccn2)n1. The molecule has 0 saturated carbocycles. The van der Waals surface area contributed by atoms with Crippen molar-refractivity contribution in [3.05, 3.63) is 41.7 Å². The van der Waals surface area contributed by atoms with Gasteiger partial charge >= 0.3 is 0 Å². The number of nitrogens with two attached hydrogens (primary N) is 1. The van der Waals surface area contributed by atoms with E-state index < -0.39 is 0 Å². The standard InChI is InChI=1S/C10H13N5/c11-5-4-9-13-10(15-14-9)7-8-3-1-2-6-12-8/h1-3,6H,4-5,7,11H2,(H,13,14,15). The Bertz CT molecular complexity index is 409. The molecule has 2 aromatic rings. The zero-order valence-electron chi connectivity index (χ0n) is 8.35. The lowest BCUT2D eigenvalue weighted by Crippen LogP contribution is -2.04. The molecule has 2 aromatic heterocycles. The van der Waals surface area contributed by atoms with Gasteiger partial charge in [-0.3, -0.25) is 10.1 Å². The predicted molar refractivity (Wildman–Crippen MR) is 56.2 cm³/mol. The topological polar surface area (TPSA) is 80.5 Å². The molecule has 5 nitrogen and oxygen atoms in total. The molecule has 15 heavy (non-hydrogen) atoms. The summed E-state index contributed by atoms with van der Waals surface area (Å²) in [5, 5.41) is 6.94. The molecule has 0 unspecified atom stereocenters. The van der Waals surface area contributed by atoms with Gasteiger partial charge < -0.3 is 5.73 Å². The molecule has 2 heterocycles. The van der Waals surface area contributed by atoms with Crippen molar-refractivity contribution in [3.63, 3.8) is 0 Å². The van der Waals surface area contributed by atoms with Gasteiger partial charge in [-0.25, -0.2) is 4.98 Å². The molecule has 0 radical (unpaired) electrons. The first kappa shape index (κ1) is 9.79. The van der Waals surface area contributed by atoms with Gasteiger partial charge in [0.2, 0.25) is 0 Å². The highest BCUT2D eigenvalue weighted by atomic mass is 15.2. The van der Waals surface area contributed by atoms with Crippen LogP contribution in [0.4, 0.5) is 0 Å². The molecular formula is C10H13N5. The Kier molecular flexibility index (Phi) is 3.04. The second-order valence-electron chi connectivity index (χ2n) is 3.23. The maximum Gasteiger partial charge on any atom is 0.151 e. The Balaban J connectivity index is 2.05. The first-order chi connectivity index (χ1) is 7.38. The summed E-state index contributed by atoms with van der Waals surface area (Å²) in [6, 6.07) is 5.81. The minimum absolute atomic E-state index is 0.570. The lowest BCUT2D eigenvalue weighted by molar-refractivity contribution is 0.874. The molecule has 2 rings (SSSR count). The van der Waals surface area contributed by atoms with Crippen LogP contribution in [-0.2, 0) is 12.8 Å². The molecule has 3 N–H and O–H groups in total. The van der Waals surface area contributed by atoms with Crippen LogP contribution in [0.5, 0.6) is 0 Å². The van der Waals surface area contributed by atoms with Gasteiger partial charge in [-0.1, -0.05) is 6.07 Å². The van der Waals surface area contributed by atoms with Crippen molar-refractivity contribution in [2.75, 3.05) is 6.54 Å². The first-order valence-corrected chi connectivity index (χ1v) is 4.88. The van der Waals surface area contributed by atoms with E-state index in [1.165, 1.54) is 0 Å². The molecule has 0 amide bonds. The van der Waals surface area contributed by atoms with Crippen molar-refractivity contribution in [2.24, 2.45) is 5.73 Å². The molecule has 0 saturated heterocycles. The van der Waals surface area contributed by atoms with E-state index in [1.807, 2.05) is 18.2 Å². The minimum Gasteiger partial charge on any atom is -0.330 e. The number of pyridine rings is 1. The number of aromatic nitrogens is 4. The normalized spacial score (nSPS) is 10.5. The number of hydrogen-bond donors (Lipinski definition) is 2. The molecular weight excluding hydrogens is 190 g/mol. The molecule has 0 spiro atoms. The van der Waals surface area contributed by atoms with Gasteiger partial charge in [-0.2, -0.15) is 5.10 Å². The Morgan fingerprint density at radius 2 is 2.27 bits per heavy atom. The van der Waals surface area contributed by atoms with Crippen molar-refractivity contribution < 1.29 is 0 Å². The number of H-pyrrole nitrogens is 1. The van der Waals surface area contributed by atoms with Crippen LogP contribution in [0.2, 0.25) is 0 Å². The van der Waals surface area contributed by atoms with Gasteiger partial charge in [0, 0.05) is 24.7 Å². The van der Waals surface area contributed by atoms with Gasteiger partial charge in [0.25, 0.3) is 0 Å². The lowest BCUT2D eigenvalue weighted by Gasteiger charge is -1.94. The number of rotatable bonds is 4. The third-order valence-corrected chi connectivity index (χ3v) is 2.02. The number of aromatic amines is 1. The van der Waals surface area contributed by atoms with Crippen LogP contribution < -0.4 is 5.73 Å². The van der Waals surface area contributed by atoms with Crippen LogP contribution in [0.15, 0.2) is 24.4 Å². The lowest BCUT2D eigenvalue weighted by atomic mass is 10.2. The van der Waals surface area contributed by atoms with Gasteiger partial charge in [0.1, 0.15) is 5.82 Å². The van der Waals surface area contributed by atoms with E-state index in [0.717, 1.165) is 17.3 Å². The molecule has 78 valence electrons. The largest absolute Gasteiger partial charge is 0.330 e. The highest BCUT2D eigenvalue weighted by Crippen LogP contribution is 2.01. The number of nitrogens with zero attached hydrogens (tertiary/aromatic N) is 3. The average Bonchev–Trinajstić information content (AvgIpc) is 2.68. The van der Waals surface area contributed by atoms with Crippen LogP contribution in [0, 0.1) is 0 Å². The van der Waals surface area contributed by atoms with Gasteiger partial charge in [-0.05, 0) is 18.7 Å². The van der Waals surface area contributed by atoms with E-state index in [1.54, 1.807) is 6.20 Å². The number of hydrogen-bond acceptors (Lipinski definition) is 4. The monoisotopic (exact) mass is 203 g/mol. The fraction of sp³-hybridized carbons (Fsp3) is 0.300. The molecule has 5 heteroatoms. The second-order valence-corrected chi connectivity index (χ2v) is 3.23. The zero-order valence-corrected chi connectivity index (χ0v) is 8.35. The minimum atomic E-state index is 0.570. The summed E-state index contributed by atoms with van der Waals surface area (Å²) < 4.78 is 0. The van der Waals surface area contributed by atoms with Crippen LogP contribution in [-0.4, -0.2) is 26.7 Å². The molecule has 0 bridgehead atoms. The van der Waals surface area contributed by atoms with Crippen molar-refractivity contribution in [1.29, 1.82) is 0 Å². The average molecular weight is 203 g/mol. The molecule has 0 atom stereocenters. The van der Waals surface area contributed by atoms with Crippen LogP contribution in [0.25, 0.3) is 0 Å². The Hall–Kier alpha value is -1.75. The Labute approximate surface area is 87.8 Å². The van der Waals surface area contributed by atoms with Crippen molar-refractivity contribution >= 4 is 0 Å². The van der Waals surface area contributed by atoms with E-state index in [4.69, 9.17) is 5.73 Å². The van der Waals surface area contributed by atoms with E-state index >= 15 is 0 Å². The van der Waals surface area contributed by atoms with E-state index in [0.29, 0.717) is 19.4 Å². The quantitative estimate of drug-likeness (QED) is 0.748. The van der Waals surface area contributed by atoms with E-state index in [2.05, 4.69) is 20.2 Å². The molecule has 0 fully saturated rings. The van der Waals surface area contributed by atoms with Crippen molar-refractivity contribution in [3.8, 4) is 0 Å². The molecule has 0 aromatic carbocycles. The first-order valence-electron chi connectivity index (χ1n) is 4.88. The highest BCUT2D eigenvalue weighted by Gasteiger charge is 2.03. The van der Waals surface area contributed by atoms with E-state index in [-0.39, 0.29) is 0 Å². The van der Waals surface area contributed by atoms with Crippen molar-refractivity contribution in [1.82, 2.24) is 20.2 Å². The summed E-state index contributed by atoms with van der Waals surface area (Å²) in [5.74, 6) is 1.60. The summed E-state index contributed by atoms with van der Waals surface area (Å²) in [6.45, 7) is 0.570. The van der Waals surface area contributed by atoms with Crippen LogP contribution in [0.3, 0.4) is 0 Å². The summed E-state index contributed by atoms with van der Waals surface area (Å²) in [5.41, 5.74) is 6.40. The number of nitrogens with one attached hydrogen (secondary N) is 1.